The Morgan fingerprint density at radius 1 is 1.31 bits per heavy atom. The van der Waals surface area contributed by atoms with Crippen LogP contribution in [-0.4, -0.2) is 12.0 Å². The molecule has 4 heteroatoms. The van der Waals surface area contributed by atoms with Crippen LogP contribution in [0.5, 0.6) is 0 Å². The second-order valence-electron chi connectivity index (χ2n) is 3.92. The maximum absolute atomic E-state index is 4.57. The van der Waals surface area contributed by atoms with Gasteiger partial charge in [-0.05, 0) is 39.4 Å². The van der Waals surface area contributed by atoms with Crippen LogP contribution in [0.15, 0.2) is 11.4 Å². The molecule has 0 aliphatic rings. The predicted molar refractivity (Wildman–Crippen MR) is 71.5 cm³/mol. The summed E-state index contributed by atoms with van der Waals surface area (Å²) in [4.78, 5) is 7.31. The summed E-state index contributed by atoms with van der Waals surface area (Å²) in [6, 6.07) is 2.50. The zero-order valence-corrected chi connectivity index (χ0v) is 11.6. The van der Waals surface area contributed by atoms with E-state index in [1.165, 1.54) is 15.3 Å². The topological polar surface area (TPSA) is 24.9 Å². The molecule has 2 aromatic heterocycles. The quantitative estimate of drug-likeness (QED) is 0.905. The number of nitrogens with zero attached hydrogens (tertiary/aromatic N) is 1. The number of rotatable bonds is 3. The minimum Gasteiger partial charge on any atom is -0.307 e. The first-order chi connectivity index (χ1) is 7.61. The van der Waals surface area contributed by atoms with Crippen LogP contribution in [0.25, 0.3) is 0 Å². The summed E-state index contributed by atoms with van der Waals surface area (Å²) in [5.41, 5.74) is 2.46. The van der Waals surface area contributed by atoms with Crippen LogP contribution in [0.3, 0.4) is 0 Å². The third kappa shape index (κ3) is 2.19. The van der Waals surface area contributed by atoms with Gasteiger partial charge in [0, 0.05) is 20.8 Å². The molecule has 0 spiro atoms. The van der Waals surface area contributed by atoms with E-state index >= 15 is 0 Å². The maximum atomic E-state index is 4.57. The largest absolute Gasteiger partial charge is 0.307 e. The molecule has 0 amide bonds. The highest BCUT2D eigenvalue weighted by molar-refractivity contribution is 7.12. The Morgan fingerprint density at radius 3 is 2.50 bits per heavy atom. The molecule has 0 radical (unpaired) electrons. The highest BCUT2D eigenvalue weighted by atomic mass is 32.1. The highest BCUT2D eigenvalue weighted by Gasteiger charge is 2.18. The van der Waals surface area contributed by atoms with Gasteiger partial charge in [-0.3, -0.25) is 0 Å². The van der Waals surface area contributed by atoms with Gasteiger partial charge in [0.2, 0.25) is 0 Å². The van der Waals surface area contributed by atoms with E-state index in [2.05, 4.69) is 35.6 Å². The lowest BCUT2D eigenvalue weighted by Gasteiger charge is -2.13. The van der Waals surface area contributed by atoms with E-state index in [0.717, 1.165) is 10.7 Å². The number of thiophene rings is 1. The van der Waals surface area contributed by atoms with Gasteiger partial charge in [0.15, 0.2) is 0 Å². The minimum atomic E-state index is 0.239. The van der Waals surface area contributed by atoms with Gasteiger partial charge < -0.3 is 5.32 Å². The molecule has 0 saturated carbocycles. The fraction of sp³-hybridized carbons (Fsp3) is 0.417. The number of aryl methyl sites for hydroxylation is 3. The number of hydrogen-bond acceptors (Lipinski definition) is 4. The molecule has 0 aromatic carbocycles. The molecule has 2 nitrogen and oxygen atoms in total. The molecule has 0 fully saturated rings. The van der Waals surface area contributed by atoms with Crippen LogP contribution in [0.1, 0.15) is 32.1 Å². The van der Waals surface area contributed by atoms with E-state index in [4.69, 9.17) is 0 Å². The molecule has 0 aliphatic heterocycles. The Kier molecular flexibility index (Phi) is 3.42. The van der Waals surface area contributed by atoms with E-state index in [1.54, 1.807) is 11.3 Å². The molecule has 2 heterocycles. The summed E-state index contributed by atoms with van der Waals surface area (Å²) < 4.78 is 0. The lowest BCUT2D eigenvalue weighted by atomic mass is 10.1. The Labute approximate surface area is 104 Å². The van der Waals surface area contributed by atoms with Crippen LogP contribution in [0.2, 0.25) is 0 Å². The SMILES string of the molecule is CNC(c1nc(C)cs1)c1cc(C)sc1C. The van der Waals surface area contributed by atoms with Crippen molar-refractivity contribution in [3.63, 3.8) is 0 Å². The number of aromatic nitrogens is 1. The van der Waals surface area contributed by atoms with Crippen molar-refractivity contribution in [2.75, 3.05) is 7.05 Å². The summed E-state index contributed by atoms with van der Waals surface area (Å²) in [5, 5.41) is 6.62. The van der Waals surface area contributed by atoms with Gasteiger partial charge in [0.1, 0.15) is 5.01 Å². The van der Waals surface area contributed by atoms with Crippen molar-refractivity contribution < 1.29 is 0 Å². The molecule has 1 N–H and O–H groups in total. The fourth-order valence-corrected chi connectivity index (χ4v) is 3.74. The molecule has 2 aromatic rings. The summed E-state index contributed by atoms with van der Waals surface area (Å²) in [6.07, 6.45) is 0. The summed E-state index contributed by atoms with van der Waals surface area (Å²) in [7, 11) is 1.99. The smallest absolute Gasteiger partial charge is 0.114 e. The van der Waals surface area contributed by atoms with Crippen LogP contribution in [-0.2, 0) is 0 Å². The maximum Gasteiger partial charge on any atom is 0.114 e. The third-order valence-corrected chi connectivity index (χ3v) is 4.57. The van der Waals surface area contributed by atoms with Crippen molar-refractivity contribution in [3.8, 4) is 0 Å². The van der Waals surface area contributed by atoms with Gasteiger partial charge in [0.05, 0.1) is 6.04 Å². The molecule has 0 bridgehead atoms. The minimum absolute atomic E-state index is 0.239. The van der Waals surface area contributed by atoms with Crippen molar-refractivity contribution >= 4 is 22.7 Å². The monoisotopic (exact) mass is 252 g/mol. The van der Waals surface area contributed by atoms with E-state index in [1.807, 2.05) is 25.3 Å². The van der Waals surface area contributed by atoms with Gasteiger partial charge in [-0.1, -0.05) is 0 Å². The lowest BCUT2D eigenvalue weighted by Crippen LogP contribution is -2.17. The van der Waals surface area contributed by atoms with Gasteiger partial charge in [-0.2, -0.15) is 0 Å². The Hall–Kier alpha value is -0.710. The molecule has 1 unspecified atom stereocenters. The van der Waals surface area contributed by atoms with Crippen LogP contribution in [0, 0.1) is 20.8 Å². The van der Waals surface area contributed by atoms with Crippen LogP contribution < -0.4 is 5.32 Å². The Balaban J connectivity index is 2.40. The Bertz CT molecular complexity index is 485. The predicted octanol–water partition coefficient (Wildman–Crippen LogP) is 3.44. The van der Waals surface area contributed by atoms with E-state index < -0.39 is 0 Å². The van der Waals surface area contributed by atoms with E-state index in [-0.39, 0.29) is 6.04 Å². The summed E-state index contributed by atoms with van der Waals surface area (Å²) in [6.45, 7) is 6.37. The second-order valence-corrected chi connectivity index (χ2v) is 6.27. The number of nitrogens with one attached hydrogen (secondary N) is 1. The molecular formula is C12H16N2S2. The van der Waals surface area contributed by atoms with Crippen LogP contribution in [0.4, 0.5) is 0 Å². The van der Waals surface area contributed by atoms with Crippen molar-refractivity contribution in [1.82, 2.24) is 10.3 Å². The van der Waals surface area contributed by atoms with E-state index in [9.17, 15) is 0 Å². The Morgan fingerprint density at radius 2 is 2.06 bits per heavy atom. The average Bonchev–Trinajstić information content (AvgIpc) is 2.76. The highest BCUT2D eigenvalue weighted by Crippen LogP contribution is 2.31. The third-order valence-electron chi connectivity index (χ3n) is 2.56. The molecular weight excluding hydrogens is 236 g/mol. The van der Waals surface area contributed by atoms with Gasteiger partial charge in [0.25, 0.3) is 0 Å². The van der Waals surface area contributed by atoms with Gasteiger partial charge in [-0.15, -0.1) is 22.7 Å². The molecule has 2 rings (SSSR count). The average molecular weight is 252 g/mol. The van der Waals surface area contributed by atoms with Crippen molar-refractivity contribution in [3.05, 3.63) is 37.5 Å². The lowest BCUT2D eigenvalue weighted by molar-refractivity contribution is 0.684. The second kappa shape index (κ2) is 4.65. The zero-order valence-electron chi connectivity index (χ0n) is 10.00. The van der Waals surface area contributed by atoms with Crippen molar-refractivity contribution in [2.45, 2.75) is 26.8 Å². The van der Waals surface area contributed by atoms with Crippen molar-refractivity contribution in [2.24, 2.45) is 0 Å². The number of hydrogen-bond donors (Lipinski definition) is 1. The molecule has 0 saturated heterocycles. The first kappa shape index (κ1) is 11.8. The fourth-order valence-electron chi connectivity index (χ4n) is 1.85. The first-order valence-electron chi connectivity index (χ1n) is 5.28. The van der Waals surface area contributed by atoms with Crippen LogP contribution >= 0.6 is 22.7 Å². The molecule has 0 aliphatic carbocycles. The van der Waals surface area contributed by atoms with Crippen molar-refractivity contribution in [1.29, 1.82) is 0 Å². The summed E-state index contributed by atoms with van der Waals surface area (Å²) in [5.74, 6) is 0. The van der Waals surface area contributed by atoms with E-state index in [0.29, 0.717) is 0 Å². The molecule has 1 atom stereocenters. The van der Waals surface area contributed by atoms with Gasteiger partial charge >= 0.3 is 0 Å². The normalized spacial score (nSPS) is 13.0. The summed E-state index contributed by atoms with van der Waals surface area (Å²) >= 11 is 3.58. The van der Waals surface area contributed by atoms with Gasteiger partial charge in [-0.25, -0.2) is 4.98 Å². The molecule has 16 heavy (non-hydrogen) atoms. The number of thiazole rings is 1. The first-order valence-corrected chi connectivity index (χ1v) is 6.97. The zero-order chi connectivity index (χ0) is 11.7. The standard InChI is InChI=1S/C12H16N2S2/c1-7-6-15-12(14-7)11(13-4)10-5-8(2)16-9(10)3/h5-6,11,13H,1-4H3. The molecule has 86 valence electrons.